The number of carbonyl (C=O) groups is 2. The summed E-state index contributed by atoms with van der Waals surface area (Å²) in [4.78, 5) is 29.8. The molecule has 2 saturated heterocycles. The maximum atomic E-state index is 13.1. The highest BCUT2D eigenvalue weighted by molar-refractivity contribution is 5.97. The van der Waals surface area contributed by atoms with Gasteiger partial charge in [-0.1, -0.05) is 48.5 Å². The molecule has 0 bridgehead atoms. The maximum Gasteiger partial charge on any atom is 0.254 e. The van der Waals surface area contributed by atoms with Crippen LogP contribution in [0.4, 0.5) is 0 Å². The Labute approximate surface area is 154 Å². The molecule has 4 rings (SSSR count). The molecule has 2 heterocycles. The molecule has 134 valence electrons. The molecule has 26 heavy (non-hydrogen) atoms. The molecule has 2 fully saturated rings. The highest BCUT2D eigenvalue weighted by Gasteiger charge is 2.57. The summed E-state index contributed by atoms with van der Waals surface area (Å²) in [5.74, 6) is 0.344. The Balaban J connectivity index is 1.65. The van der Waals surface area contributed by atoms with Crippen LogP contribution in [0.3, 0.4) is 0 Å². The molecule has 0 aliphatic carbocycles. The van der Waals surface area contributed by atoms with E-state index in [1.807, 2.05) is 66.2 Å². The van der Waals surface area contributed by atoms with Crippen LogP contribution in [-0.4, -0.2) is 48.3 Å². The van der Waals surface area contributed by atoms with E-state index in [0.717, 1.165) is 24.1 Å². The van der Waals surface area contributed by atoms with Crippen molar-refractivity contribution in [3.05, 3.63) is 71.3 Å². The van der Waals surface area contributed by atoms with Crippen molar-refractivity contribution in [2.24, 2.45) is 5.41 Å². The van der Waals surface area contributed by atoms with Gasteiger partial charge in [-0.3, -0.25) is 9.59 Å². The minimum absolute atomic E-state index is 0.0362. The summed E-state index contributed by atoms with van der Waals surface area (Å²) >= 11 is 0. The van der Waals surface area contributed by atoms with Crippen LogP contribution in [-0.2, 0) is 4.79 Å². The first-order valence-corrected chi connectivity index (χ1v) is 9.18. The number of carbonyl (C=O) groups excluding carboxylic acids is 2. The van der Waals surface area contributed by atoms with Crippen molar-refractivity contribution in [3.63, 3.8) is 0 Å². The number of amides is 2. The van der Waals surface area contributed by atoms with E-state index in [4.69, 9.17) is 0 Å². The summed E-state index contributed by atoms with van der Waals surface area (Å²) in [7, 11) is 1.87. The third-order valence-corrected chi connectivity index (χ3v) is 6.06. The van der Waals surface area contributed by atoms with Gasteiger partial charge in [-0.15, -0.1) is 0 Å². The van der Waals surface area contributed by atoms with E-state index in [0.29, 0.717) is 13.1 Å². The molecule has 2 atom stereocenters. The quantitative estimate of drug-likeness (QED) is 0.837. The van der Waals surface area contributed by atoms with Crippen LogP contribution >= 0.6 is 0 Å². The first-order chi connectivity index (χ1) is 12.5. The number of hydrogen-bond acceptors (Lipinski definition) is 2. The maximum absolute atomic E-state index is 13.1. The summed E-state index contributed by atoms with van der Waals surface area (Å²) in [6, 6.07) is 17.9. The minimum atomic E-state index is -0.492. The summed E-state index contributed by atoms with van der Waals surface area (Å²) in [5.41, 5.74) is 2.41. The highest BCUT2D eigenvalue weighted by Crippen LogP contribution is 2.49. The first-order valence-electron chi connectivity index (χ1n) is 9.18. The second-order valence-electron chi connectivity index (χ2n) is 7.60. The van der Waals surface area contributed by atoms with Crippen molar-refractivity contribution in [1.82, 2.24) is 9.80 Å². The number of likely N-dealkylation sites (N-methyl/N-ethyl adjacent to an activating group) is 1. The Bertz CT molecular complexity index is 848. The molecule has 2 aliphatic heterocycles. The molecule has 0 saturated carbocycles. The molecule has 4 nitrogen and oxygen atoms in total. The van der Waals surface area contributed by atoms with E-state index in [2.05, 4.69) is 12.1 Å². The second-order valence-corrected chi connectivity index (χ2v) is 7.60. The summed E-state index contributed by atoms with van der Waals surface area (Å²) in [5, 5.41) is 0. The molecule has 0 aromatic heterocycles. The van der Waals surface area contributed by atoms with Crippen LogP contribution in [0.15, 0.2) is 54.6 Å². The number of aryl methyl sites for hydroxylation is 1. The van der Waals surface area contributed by atoms with Gasteiger partial charge in [-0.05, 0) is 30.5 Å². The minimum Gasteiger partial charge on any atom is -0.345 e. The normalized spacial score (nSPS) is 25.3. The van der Waals surface area contributed by atoms with Crippen LogP contribution in [0, 0.1) is 12.3 Å². The lowest BCUT2D eigenvalue weighted by Crippen LogP contribution is -2.39. The number of benzene rings is 2. The zero-order valence-electron chi connectivity index (χ0n) is 15.3. The van der Waals surface area contributed by atoms with E-state index in [-0.39, 0.29) is 17.7 Å². The van der Waals surface area contributed by atoms with Gasteiger partial charge in [0.2, 0.25) is 5.91 Å². The molecule has 2 aromatic rings. The number of likely N-dealkylation sites (tertiary alicyclic amines) is 2. The number of hydrogen-bond donors (Lipinski definition) is 0. The van der Waals surface area contributed by atoms with Gasteiger partial charge in [0.15, 0.2) is 0 Å². The molecule has 1 spiro atoms. The monoisotopic (exact) mass is 348 g/mol. The van der Waals surface area contributed by atoms with Crippen molar-refractivity contribution in [1.29, 1.82) is 0 Å². The van der Waals surface area contributed by atoms with E-state index in [1.165, 1.54) is 5.56 Å². The Kier molecular flexibility index (Phi) is 4.06. The number of rotatable bonds is 2. The molecule has 2 unspecified atom stereocenters. The van der Waals surface area contributed by atoms with E-state index >= 15 is 0 Å². The fraction of sp³-hybridized carbons (Fsp3) is 0.364. The predicted octanol–water partition coefficient (Wildman–Crippen LogP) is 3.08. The Morgan fingerprint density at radius 2 is 1.77 bits per heavy atom. The van der Waals surface area contributed by atoms with Gasteiger partial charge < -0.3 is 9.80 Å². The van der Waals surface area contributed by atoms with Crippen LogP contribution in [0.1, 0.15) is 33.8 Å². The zero-order chi connectivity index (χ0) is 18.3. The lowest BCUT2D eigenvalue weighted by Gasteiger charge is -2.28. The van der Waals surface area contributed by atoms with Gasteiger partial charge in [0.1, 0.15) is 0 Å². The standard InChI is InChI=1S/C22H24N2O2/c1-16-8-6-7-11-18(16)20(25)24-13-12-22(15-24)19(14-23(2)21(22)26)17-9-4-3-5-10-17/h3-11,19H,12-15H2,1-2H3. The summed E-state index contributed by atoms with van der Waals surface area (Å²) < 4.78 is 0. The largest absolute Gasteiger partial charge is 0.345 e. The van der Waals surface area contributed by atoms with Gasteiger partial charge >= 0.3 is 0 Å². The van der Waals surface area contributed by atoms with E-state index in [9.17, 15) is 9.59 Å². The van der Waals surface area contributed by atoms with Gasteiger partial charge in [0.05, 0.1) is 5.41 Å². The lowest BCUT2D eigenvalue weighted by atomic mass is 9.73. The zero-order valence-corrected chi connectivity index (χ0v) is 15.3. The van der Waals surface area contributed by atoms with Crippen LogP contribution < -0.4 is 0 Å². The van der Waals surface area contributed by atoms with Crippen molar-refractivity contribution in [2.75, 3.05) is 26.7 Å². The van der Waals surface area contributed by atoms with E-state index in [1.54, 1.807) is 0 Å². The van der Waals surface area contributed by atoms with Gasteiger partial charge in [0, 0.05) is 38.2 Å². The molecule has 2 amide bonds. The fourth-order valence-electron chi connectivity index (χ4n) is 4.62. The Morgan fingerprint density at radius 1 is 1.08 bits per heavy atom. The highest BCUT2D eigenvalue weighted by atomic mass is 16.2. The van der Waals surface area contributed by atoms with E-state index < -0.39 is 5.41 Å². The molecule has 2 aromatic carbocycles. The van der Waals surface area contributed by atoms with Crippen molar-refractivity contribution in [2.45, 2.75) is 19.3 Å². The average molecular weight is 348 g/mol. The van der Waals surface area contributed by atoms with Crippen molar-refractivity contribution in [3.8, 4) is 0 Å². The molecule has 0 N–H and O–H groups in total. The van der Waals surface area contributed by atoms with Gasteiger partial charge in [-0.2, -0.15) is 0 Å². The second kappa shape index (κ2) is 6.27. The van der Waals surface area contributed by atoms with Crippen molar-refractivity contribution < 1.29 is 9.59 Å². The summed E-state index contributed by atoms with van der Waals surface area (Å²) in [6.45, 7) is 3.81. The SMILES string of the molecule is Cc1ccccc1C(=O)N1CCC2(C1)C(=O)N(C)CC2c1ccccc1. The molecule has 2 aliphatic rings. The third-order valence-electron chi connectivity index (χ3n) is 6.06. The molecular formula is C22H24N2O2. The first kappa shape index (κ1) is 16.8. The van der Waals surface area contributed by atoms with Gasteiger partial charge in [0.25, 0.3) is 5.91 Å². The smallest absolute Gasteiger partial charge is 0.254 e. The van der Waals surface area contributed by atoms with Crippen LogP contribution in [0.5, 0.6) is 0 Å². The van der Waals surface area contributed by atoms with Crippen molar-refractivity contribution >= 4 is 11.8 Å². The molecule has 4 heteroatoms. The fourth-order valence-corrected chi connectivity index (χ4v) is 4.62. The predicted molar refractivity (Wildman–Crippen MR) is 101 cm³/mol. The summed E-state index contributed by atoms with van der Waals surface area (Å²) in [6.07, 6.45) is 0.730. The van der Waals surface area contributed by atoms with Gasteiger partial charge in [-0.25, -0.2) is 0 Å². The lowest BCUT2D eigenvalue weighted by molar-refractivity contribution is -0.134. The number of nitrogens with zero attached hydrogens (tertiary/aromatic N) is 2. The molecular weight excluding hydrogens is 324 g/mol. The van der Waals surface area contributed by atoms with Crippen LogP contribution in [0.25, 0.3) is 0 Å². The van der Waals surface area contributed by atoms with Crippen LogP contribution in [0.2, 0.25) is 0 Å². The topological polar surface area (TPSA) is 40.6 Å². The average Bonchev–Trinajstić information content (AvgIpc) is 3.21. The Hall–Kier alpha value is -2.62. The third kappa shape index (κ3) is 2.52. The Morgan fingerprint density at radius 3 is 2.50 bits per heavy atom. The molecule has 0 radical (unpaired) electrons.